The van der Waals surface area contributed by atoms with Gasteiger partial charge in [0.15, 0.2) is 0 Å². The predicted octanol–water partition coefficient (Wildman–Crippen LogP) is 2.47. The Balaban J connectivity index is 1.88. The van der Waals surface area contributed by atoms with Crippen molar-refractivity contribution in [2.75, 3.05) is 13.1 Å². The number of hydrogen-bond acceptors (Lipinski definition) is 3. The summed E-state index contributed by atoms with van der Waals surface area (Å²) in [5.74, 6) is 0.356. The molecule has 1 saturated heterocycles. The standard InChI is InChI=1S/C17H21ClN4O/c1-11-7-8-19-9-15(11)20-17(23)13-10-22(2)21-16(13)12-5-3-4-6-14(12)18/h3-6,10-11,15,19H,7-9H2,1-2H3,(H,20,23). The topological polar surface area (TPSA) is 58.9 Å². The van der Waals surface area contributed by atoms with Crippen LogP contribution < -0.4 is 10.6 Å². The second-order valence-corrected chi connectivity index (χ2v) is 6.50. The number of aromatic nitrogens is 2. The zero-order chi connectivity index (χ0) is 16.4. The summed E-state index contributed by atoms with van der Waals surface area (Å²) in [4.78, 5) is 12.7. The van der Waals surface area contributed by atoms with E-state index in [1.807, 2.05) is 25.2 Å². The third-order valence-corrected chi connectivity index (χ3v) is 4.68. The van der Waals surface area contributed by atoms with Crippen LogP contribution in [0.15, 0.2) is 30.5 Å². The summed E-state index contributed by atoms with van der Waals surface area (Å²) in [5.41, 5.74) is 1.94. The number of aryl methyl sites for hydroxylation is 1. The first kappa shape index (κ1) is 16.0. The second-order valence-electron chi connectivity index (χ2n) is 6.09. The Labute approximate surface area is 141 Å². The lowest BCUT2D eigenvalue weighted by molar-refractivity contribution is 0.0916. The second kappa shape index (κ2) is 6.72. The summed E-state index contributed by atoms with van der Waals surface area (Å²) in [6.45, 7) is 3.98. The van der Waals surface area contributed by atoms with Crippen LogP contribution in [0, 0.1) is 5.92 Å². The van der Waals surface area contributed by atoms with Crippen molar-refractivity contribution in [3.05, 3.63) is 41.0 Å². The Morgan fingerprint density at radius 3 is 2.96 bits per heavy atom. The number of benzene rings is 1. The fourth-order valence-electron chi connectivity index (χ4n) is 2.94. The highest BCUT2D eigenvalue weighted by atomic mass is 35.5. The zero-order valence-corrected chi connectivity index (χ0v) is 14.1. The van der Waals surface area contributed by atoms with E-state index in [-0.39, 0.29) is 11.9 Å². The first-order chi connectivity index (χ1) is 11.1. The molecule has 2 unspecified atom stereocenters. The molecule has 1 aliphatic heterocycles. The summed E-state index contributed by atoms with van der Waals surface area (Å²) >= 11 is 6.27. The normalized spacial score (nSPS) is 21.2. The van der Waals surface area contributed by atoms with E-state index in [9.17, 15) is 4.79 Å². The van der Waals surface area contributed by atoms with E-state index in [0.717, 1.165) is 25.1 Å². The summed E-state index contributed by atoms with van der Waals surface area (Å²) in [6.07, 6.45) is 2.81. The highest BCUT2D eigenvalue weighted by molar-refractivity contribution is 6.33. The van der Waals surface area contributed by atoms with Crippen LogP contribution in [-0.4, -0.2) is 34.8 Å². The molecule has 1 fully saturated rings. The van der Waals surface area contributed by atoms with Crippen molar-refractivity contribution in [3.63, 3.8) is 0 Å². The number of nitrogens with one attached hydrogen (secondary N) is 2. The lowest BCUT2D eigenvalue weighted by Crippen LogP contribution is -2.50. The van der Waals surface area contributed by atoms with Gasteiger partial charge in [0.2, 0.25) is 0 Å². The van der Waals surface area contributed by atoms with Crippen LogP contribution in [0.5, 0.6) is 0 Å². The van der Waals surface area contributed by atoms with Crippen LogP contribution in [0.4, 0.5) is 0 Å². The fourth-order valence-corrected chi connectivity index (χ4v) is 3.16. The van der Waals surface area contributed by atoms with Crippen molar-refractivity contribution in [2.45, 2.75) is 19.4 Å². The Morgan fingerprint density at radius 1 is 1.43 bits per heavy atom. The largest absolute Gasteiger partial charge is 0.348 e. The van der Waals surface area contributed by atoms with Gasteiger partial charge in [-0.05, 0) is 24.9 Å². The molecule has 2 aromatic rings. The average molecular weight is 333 g/mol. The van der Waals surface area contributed by atoms with E-state index in [1.54, 1.807) is 16.9 Å². The molecule has 2 atom stereocenters. The van der Waals surface area contributed by atoms with Crippen LogP contribution in [0.25, 0.3) is 11.3 Å². The van der Waals surface area contributed by atoms with Crippen LogP contribution in [0.1, 0.15) is 23.7 Å². The quantitative estimate of drug-likeness (QED) is 0.907. The molecule has 3 rings (SSSR count). The summed E-state index contributed by atoms with van der Waals surface area (Å²) < 4.78 is 1.65. The molecular formula is C17H21ClN4O. The first-order valence-corrected chi connectivity index (χ1v) is 8.24. The van der Waals surface area contributed by atoms with Gasteiger partial charge in [0.05, 0.1) is 10.6 Å². The Morgan fingerprint density at radius 2 is 2.22 bits per heavy atom. The first-order valence-electron chi connectivity index (χ1n) is 7.86. The minimum Gasteiger partial charge on any atom is -0.348 e. The van der Waals surface area contributed by atoms with Gasteiger partial charge >= 0.3 is 0 Å². The molecule has 122 valence electrons. The molecule has 1 aromatic carbocycles. The Kier molecular flexibility index (Phi) is 4.68. The van der Waals surface area contributed by atoms with Gasteiger partial charge < -0.3 is 10.6 Å². The van der Waals surface area contributed by atoms with Crippen molar-refractivity contribution >= 4 is 17.5 Å². The number of nitrogens with zero attached hydrogens (tertiary/aromatic N) is 2. The van der Waals surface area contributed by atoms with Crippen molar-refractivity contribution in [1.82, 2.24) is 20.4 Å². The van der Waals surface area contributed by atoms with Crippen LogP contribution in [-0.2, 0) is 7.05 Å². The summed E-state index contributed by atoms with van der Waals surface area (Å²) in [6, 6.07) is 7.58. The van der Waals surface area contributed by atoms with E-state index in [4.69, 9.17) is 11.6 Å². The molecule has 0 bridgehead atoms. The van der Waals surface area contributed by atoms with Gasteiger partial charge in [0, 0.05) is 31.4 Å². The fraction of sp³-hybridized carbons (Fsp3) is 0.412. The molecule has 0 radical (unpaired) electrons. The molecule has 2 heterocycles. The molecule has 1 aliphatic rings. The molecule has 0 aliphatic carbocycles. The smallest absolute Gasteiger partial charge is 0.255 e. The number of rotatable bonds is 3. The van der Waals surface area contributed by atoms with Gasteiger partial charge in [0.1, 0.15) is 5.69 Å². The number of halogens is 1. The highest BCUT2D eigenvalue weighted by Gasteiger charge is 2.25. The van der Waals surface area contributed by atoms with Gasteiger partial charge in [-0.2, -0.15) is 5.10 Å². The number of hydrogen-bond donors (Lipinski definition) is 2. The lowest BCUT2D eigenvalue weighted by atomic mass is 9.94. The maximum atomic E-state index is 12.7. The molecule has 1 aromatic heterocycles. The lowest BCUT2D eigenvalue weighted by Gasteiger charge is -2.30. The Hall–Kier alpha value is -1.85. The zero-order valence-electron chi connectivity index (χ0n) is 13.3. The van der Waals surface area contributed by atoms with E-state index in [1.165, 1.54) is 0 Å². The summed E-state index contributed by atoms with van der Waals surface area (Å²) in [7, 11) is 1.81. The number of amides is 1. The van der Waals surface area contributed by atoms with Gasteiger partial charge in [-0.3, -0.25) is 9.48 Å². The van der Waals surface area contributed by atoms with Crippen LogP contribution in [0.2, 0.25) is 5.02 Å². The third-order valence-electron chi connectivity index (χ3n) is 4.35. The number of carbonyl (C=O) groups excluding carboxylic acids is 1. The van der Waals surface area contributed by atoms with Gasteiger partial charge in [-0.1, -0.05) is 36.7 Å². The number of carbonyl (C=O) groups is 1. The highest BCUT2D eigenvalue weighted by Crippen LogP contribution is 2.29. The molecule has 1 amide bonds. The maximum absolute atomic E-state index is 12.7. The molecular weight excluding hydrogens is 312 g/mol. The van der Waals surface area contributed by atoms with E-state index < -0.39 is 0 Å². The minimum atomic E-state index is -0.103. The molecule has 6 heteroatoms. The van der Waals surface area contributed by atoms with Gasteiger partial charge in [0.25, 0.3) is 5.91 Å². The molecule has 0 spiro atoms. The van der Waals surface area contributed by atoms with E-state index in [2.05, 4.69) is 22.7 Å². The van der Waals surface area contributed by atoms with Gasteiger partial charge in [-0.15, -0.1) is 0 Å². The predicted molar refractivity (Wildman–Crippen MR) is 91.6 cm³/mol. The van der Waals surface area contributed by atoms with Crippen molar-refractivity contribution in [3.8, 4) is 11.3 Å². The van der Waals surface area contributed by atoms with Gasteiger partial charge in [-0.25, -0.2) is 0 Å². The number of piperidine rings is 1. The summed E-state index contributed by atoms with van der Waals surface area (Å²) in [5, 5.41) is 11.5. The van der Waals surface area contributed by atoms with Crippen molar-refractivity contribution in [2.24, 2.45) is 13.0 Å². The monoisotopic (exact) mass is 332 g/mol. The average Bonchev–Trinajstić information content (AvgIpc) is 2.92. The van der Waals surface area contributed by atoms with E-state index >= 15 is 0 Å². The molecule has 5 nitrogen and oxygen atoms in total. The SMILES string of the molecule is CC1CCNCC1NC(=O)c1cn(C)nc1-c1ccccc1Cl. The molecule has 2 N–H and O–H groups in total. The van der Waals surface area contributed by atoms with Crippen LogP contribution >= 0.6 is 11.6 Å². The molecule has 0 saturated carbocycles. The minimum absolute atomic E-state index is 0.103. The maximum Gasteiger partial charge on any atom is 0.255 e. The van der Waals surface area contributed by atoms with Crippen molar-refractivity contribution < 1.29 is 4.79 Å². The van der Waals surface area contributed by atoms with Crippen molar-refractivity contribution in [1.29, 1.82) is 0 Å². The Bertz CT molecular complexity index is 712. The third kappa shape index (κ3) is 3.41. The molecule has 23 heavy (non-hydrogen) atoms. The van der Waals surface area contributed by atoms with Crippen LogP contribution in [0.3, 0.4) is 0 Å². The van der Waals surface area contributed by atoms with E-state index in [0.29, 0.717) is 22.2 Å².